The number of carbonyl (C=O) groups excluding carboxylic acids is 1. The number of rotatable bonds is 4. The standard InChI is InChI=1S/C16H15Br2NO/c1-2-12-10-14(18)6-7-15(12)19-16(20)9-11-4-3-5-13(17)8-11/h3-8,10H,2,9H2,1H3,(H,19,20). The van der Waals surface area contributed by atoms with Crippen LogP contribution in [0.25, 0.3) is 0 Å². The Kier molecular flexibility index (Phi) is 5.38. The average Bonchev–Trinajstić information content (AvgIpc) is 2.40. The number of hydrogen-bond donors (Lipinski definition) is 1. The van der Waals surface area contributed by atoms with Crippen molar-refractivity contribution >= 4 is 43.5 Å². The first-order valence-corrected chi connectivity index (χ1v) is 8.00. The molecule has 0 saturated heterocycles. The van der Waals surface area contributed by atoms with Gasteiger partial charge in [-0.15, -0.1) is 0 Å². The van der Waals surface area contributed by atoms with E-state index in [0.717, 1.165) is 32.2 Å². The Morgan fingerprint density at radius 2 is 1.85 bits per heavy atom. The van der Waals surface area contributed by atoms with Crippen molar-refractivity contribution in [1.82, 2.24) is 0 Å². The van der Waals surface area contributed by atoms with Crippen LogP contribution in [0.15, 0.2) is 51.4 Å². The molecule has 0 fully saturated rings. The van der Waals surface area contributed by atoms with Crippen LogP contribution < -0.4 is 5.32 Å². The molecule has 0 aliphatic heterocycles. The zero-order valence-electron chi connectivity index (χ0n) is 11.1. The molecule has 2 aromatic rings. The van der Waals surface area contributed by atoms with Gasteiger partial charge in [-0.05, 0) is 47.9 Å². The highest BCUT2D eigenvalue weighted by molar-refractivity contribution is 9.10. The maximum absolute atomic E-state index is 12.1. The highest BCUT2D eigenvalue weighted by Crippen LogP contribution is 2.22. The van der Waals surface area contributed by atoms with Gasteiger partial charge in [0, 0.05) is 14.6 Å². The second-order valence-corrected chi connectivity index (χ2v) is 6.34. The summed E-state index contributed by atoms with van der Waals surface area (Å²) in [4.78, 5) is 12.1. The largest absolute Gasteiger partial charge is 0.326 e. The number of amides is 1. The predicted molar refractivity (Wildman–Crippen MR) is 90.0 cm³/mol. The number of carbonyl (C=O) groups is 1. The molecule has 0 aromatic heterocycles. The highest BCUT2D eigenvalue weighted by atomic mass is 79.9. The van der Waals surface area contributed by atoms with E-state index in [9.17, 15) is 4.79 Å². The molecule has 2 rings (SSSR count). The van der Waals surface area contributed by atoms with Gasteiger partial charge in [-0.3, -0.25) is 4.79 Å². The van der Waals surface area contributed by atoms with Crippen LogP contribution >= 0.6 is 31.9 Å². The molecule has 2 aromatic carbocycles. The van der Waals surface area contributed by atoms with Crippen molar-refractivity contribution in [3.8, 4) is 0 Å². The van der Waals surface area contributed by atoms with Gasteiger partial charge < -0.3 is 5.32 Å². The third-order valence-electron chi connectivity index (χ3n) is 2.98. The van der Waals surface area contributed by atoms with Crippen molar-refractivity contribution in [3.05, 3.63) is 62.5 Å². The van der Waals surface area contributed by atoms with E-state index in [2.05, 4.69) is 44.1 Å². The Hall–Kier alpha value is -1.13. The van der Waals surface area contributed by atoms with Crippen LogP contribution in [0.3, 0.4) is 0 Å². The van der Waals surface area contributed by atoms with Crippen LogP contribution in [-0.4, -0.2) is 5.91 Å². The Balaban J connectivity index is 2.08. The van der Waals surface area contributed by atoms with Crippen molar-refractivity contribution in [2.75, 3.05) is 5.32 Å². The molecule has 0 bridgehead atoms. The second kappa shape index (κ2) is 7.04. The topological polar surface area (TPSA) is 29.1 Å². The van der Waals surface area contributed by atoms with Gasteiger partial charge in [-0.2, -0.15) is 0 Å². The number of anilines is 1. The van der Waals surface area contributed by atoms with Gasteiger partial charge in [0.15, 0.2) is 0 Å². The van der Waals surface area contributed by atoms with Gasteiger partial charge in [0.1, 0.15) is 0 Å². The lowest BCUT2D eigenvalue weighted by Crippen LogP contribution is -2.15. The SMILES string of the molecule is CCc1cc(Br)ccc1NC(=O)Cc1cccc(Br)c1. The van der Waals surface area contributed by atoms with Gasteiger partial charge in [0.25, 0.3) is 0 Å². The average molecular weight is 397 g/mol. The van der Waals surface area contributed by atoms with Crippen LogP contribution in [0, 0.1) is 0 Å². The summed E-state index contributed by atoms with van der Waals surface area (Å²) in [5.74, 6) is 0.000113. The van der Waals surface area contributed by atoms with Crippen molar-refractivity contribution in [2.24, 2.45) is 0 Å². The van der Waals surface area contributed by atoms with E-state index in [1.54, 1.807) is 0 Å². The minimum atomic E-state index is 0.000113. The lowest BCUT2D eigenvalue weighted by atomic mass is 10.1. The molecule has 4 heteroatoms. The molecule has 0 heterocycles. The number of halogens is 2. The van der Waals surface area contributed by atoms with E-state index in [-0.39, 0.29) is 5.91 Å². The van der Waals surface area contributed by atoms with Gasteiger partial charge in [-0.1, -0.05) is 50.9 Å². The molecule has 0 unspecified atom stereocenters. The van der Waals surface area contributed by atoms with Crippen molar-refractivity contribution < 1.29 is 4.79 Å². The molecule has 1 N–H and O–H groups in total. The summed E-state index contributed by atoms with van der Waals surface area (Å²) in [7, 11) is 0. The molecule has 0 spiro atoms. The monoisotopic (exact) mass is 395 g/mol. The number of aryl methyl sites for hydroxylation is 1. The fraction of sp³-hybridized carbons (Fsp3) is 0.188. The fourth-order valence-electron chi connectivity index (χ4n) is 2.00. The molecule has 1 amide bonds. The van der Waals surface area contributed by atoms with Gasteiger partial charge in [-0.25, -0.2) is 0 Å². The Morgan fingerprint density at radius 1 is 1.10 bits per heavy atom. The first kappa shape index (κ1) is 15.3. The lowest BCUT2D eigenvalue weighted by Gasteiger charge is -2.10. The molecule has 20 heavy (non-hydrogen) atoms. The molecular formula is C16H15Br2NO. The summed E-state index contributed by atoms with van der Waals surface area (Å²) in [5, 5.41) is 2.98. The predicted octanol–water partition coefficient (Wildman–Crippen LogP) is 4.96. The summed E-state index contributed by atoms with van der Waals surface area (Å²) in [5.41, 5.74) is 3.00. The van der Waals surface area contributed by atoms with Crippen molar-refractivity contribution in [2.45, 2.75) is 19.8 Å². The van der Waals surface area contributed by atoms with Gasteiger partial charge >= 0.3 is 0 Å². The van der Waals surface area contributed by atoms with Crippen LogP contribution in [0.4, 0.5) is 5.69 Å². The van der Waals surface area contributed by atoms with Crippen molar-refractivity contribution in [3.63, 3.8) is 0 Å². The third kappa shape index (κ3) is 4.18. The Bertz CT molecular complexity index is 626. The van der Waals surface area contributed by atoms with E-state index in [1.807, 2.05) is 42.5 Å². The highest BCUT2D eigenvalue weighted by Gasteiger charge is 2.07. The minimum Gasteiger partial charge on any atom is -0.326 e. The Morgan fingerprint density at radius 3 is 2.55 bits per heavy atom. The summed E-state index contributed by atoms with van der Waals surface area (Å²) in [6.07, 6.45) is 1.25. The van der Waals surface area contributed by atoms with Gasteiger partial charge in [0.05, 0.1) is 6.42 Å². The van der Waals surface area contributed by atoms with E-state index in [1.165, 1.54) is 0 Å². The maximum Gasteiger partial charge on any atom is 0.228 e. The summed E-state index contributed by atoms with van der Waals surface area (Å²) in [6.45, 7) is 2.08. The number of nitrogens with one attached hydrogen (secondary N) is 1. The van der Waals surface area contributed by atoms with E-state index >= 15 is 0 Å². The number of hydrogen-bond acceptors (Lipinski definition) is 1. The van der Waals surface area contributed by atoms with Crippen LogP contribution in [0.1, 0.15) is 18.1 Å². The summed E-state index contributed by atoms with van der Waals surface area (Å²) >= 11 is 6.86. The summed E-state index contributed by atoms with van der Waals surface area (Å²) in [6, 6.07) is 13.7. The van der Waals surface area contributed by atoms with Crippen LogP contribution in [0.5, 0.6) is 0 Å². The smallest absolute Gasteiger partial charge is 0.228 e. The molecule has 104 valence electrons. The van der Waals surface area contributed by atoms with Gasteiger partial charge in [0.2, 0.25) is 5.91 Å². The van der Waals surface area contributed by atoms with E-state index in [4.69, 9.17) is 0 Å². The normalized spacial score (nSPS) is 10.3. The van der Waals surface area contributed by atoms with Crippen LogP contribution in [0.2, 0.25) is 0 Å². The maximum atomic E-state index is 12.1. The van der Waals surface area contributed by atoms with E-state index < -0.39 is 0 Å². The first-order valence-electron chi connectivity index (χ1n) is 6.41. The fourth-order valence-corrected chi connectivity index (χ4v) is 2.86. The molecule has 0 radical (unpaired) electrons. The minimum absolute atomic E-state index is 0.000113. The third-order valence-corrected chi connectivity index (χ3v) is 3.96. The first-order chi connectivity index (χ1) is 9.58. The second-order valence-electron chi connectivity index (χ2n) is 4.51. The molecular weight excluding hydrogens is 382 g/mol. The lowest BCUT2D eigenvalue weighted by molar-refractivity contribution is -0.115. The Labute approximate surface area is 135 Å². The van der Waals surface area contributed by atoms with Crippen molar-refractivity contribution in [1.29, 1.82) is 0 Å². The molecule has 0 aliphatic carbocycles. The molecule has 0 aliphatic rings. The van der Waals surface area contributed by atoms with E-state index in [0.29, 0.717) is 6.42 Å². The van der Waals surface area contributed by atoms with Crippen LogP contribution in [-0.2, 0) is 17.6 Å². The molecule has 0 atom stereocenters. The zero-order valence-corrected chi connectivity index (χ0v) is 14.3. The molecule has 2 nitrogen and oxygen atoms in total. The molecule has 0 saturated carbocycles. The quantitative estimate of drug-likeness (QED) is 0.777. The number of benzene rings is 2. The summed E-state index contributed by atoms with van der Waals surface area (Å²) < 4.78 is 2.01. The zero-order chi connectivity index (χ0) is 14.5.